The van der Waals surface area contributed by atoms with Crippen LogP contribution in [0.2, 0.25) is 5.02 Å². The van der Waals surface area contributed by atoms with Crippen LogP contribution in [0, 0.1) is 5.82 Å². The zero-order valence-electron chi connectivity index (χ0n) is 11.0. The molecule has 1 saturated carbocycles. The third-order valence-corrected chi connectivity index (χ3v) is 4.09. The smallest absolute Gasteiger partial charge is 0.142 e. The average Bonchev–Trinajstić information content (AvgIpc) is 3.27. The predicted molar refractivity (Wildman–Crippen MR) is 78.5 cm³/mol. The molecule has 1 aliphatic carbocycles. The van der Waals surface area contributed by atoms with Gasteiger partial charge in [-0.1, -0.05) is 41.9 Å². The van der Waals surface area contributed by atoms with Gasteiger partial charge in [-0.2, -0.15) is 0 Å². The second-order valence-electron chi connectivity index (χ2n) is 5.37. The molecule has 0 aliphatic heterocycles. The summed E-state index contributed by atoms with van der Waals surface area (Å²) in [5.74, 6) is 0.148. The summed E-state index contributed by atoms with van der Waals surface area (Å²) in [5.41, 5.74) is 2.95. The fraction of sp³-hybridized carbons (Fsp3) is 0.294. The molecule has 0 saturated heterocycles. The van der Waals surface area contributed by atoms with Crippen molar-refractivity contribution in [3.63, 3.8) is 0 Å². The van der Waals surface area contributed by atoms with Crippen LogP contribution < -0.4 is 0 Å². The molecule has 1 aliphatic rings. The van der Waals surface area contributed by atoms with Crippen molar-refractivity contribution in [2.24, 2.45) is 0 Å². The molecular weight excluding hydrogens is 275 g/mol. The van der Waals surface area contributed by atoms with Gasteiger partial charge in [-0.05, 0) is 47.6 Å². The lowest BCUT2D eigenvalue weighted by atomic mass is 9.95. The van der Waals surface area contributed by atoms with Gasteiger partial charge < -0.3 is 5.11 Å². The fourth-order valence-electron chi connectivity index (χ4n) is 2.58. The first-order valence-electron chi connectivity index (χ1n) is 6.86. The Morgan fingerprint density at radius 2 is 1.95 bits per heavy atom. The van der Waals surface area contributed by atoms with Gasteiger partial charge in [0.15, 0.2) is 0 Å². The van der Waals surface area contributed by atoms with Crippen LogP contribution in [0.3, 0.4) is 0 Å². The molecule has 104 valence electrons. The maximum atomic E-state index is 13.4. The molecule has 20 heavy (non-hydrogen) atoms. The van der Waals surface area contributed by atoms with E-state index in [9.17, 15) is 9.50 Å². The van der Waals surface area contributed by atoms with E-state index in [0.29, 0.717) is 12.3 Å². The Balaban J connectivity index is 1.82. The summed E-state index contributed by atoms with van der Waals surface area (Å²) in [6.45, 7) is 0. The molecule has 1 N–H and O–H groups in total. The SMILES string of the molecule is OC(Cc1ccc(Cl)c(F)c1)c1ccccc1C1CC1. The van der Waals surface area contributed by atoms with Crippen LogP contribution in [-0.2, 0) is 6.42 Å². The van der Waals surface area contributed by atoms with Crippen molar-refractivity contribution in [1.29, 1.82) is 0 Å². The first-order chi connectivity index (χ1) is 9.65. The van der Waals surface area contributed by atoms with E-state index in [1.165, 1.54) is 30.5 Å². The Morgan fingerprint density at radius 1 is 1.20 bits per heavy atom. The van der Waals surface area contributed by atoms with Gasteiger partial charge in [0, 0.05) is 6.42 Å². The van der Waals surface area contributed by atoms with Gasteiger partial charge in [-0.15, -0.1) is 0 Å². The number of hydrogen-bond acceptors (Lipinski definition) is 1. The normalized spacial score (nSPS) is 16.1. The molecule has 3 heteroatoms. The first kappa shape index (κ1) is 13.6. The molecule has 2 aromatic carbocycles. The van der Waals surface area contributed by atoms with Crippen molar-refractivity contribution in [1.82, 2.24) is 0 Å². The Morgan fingerprint density at radius 3 is 2.65 bits per heavy atom. The molecule has 0 aromatic heterocycles. The molecule has 0 spiro atoms. The molecule has 1 atom stereocenters. The van der Waals surface area contributed by atoms with Crippen LogP contribution in [0.5, 0.6) is 0 Å². The fourth-order valence-corrected chi connectivity index (χ4v) is 2.70. The van der Waals surface area contributed by atoms with E-state index in [1.54, 1.807) is 6.07 Å². The molecule has 0 amide bonds. The molecule has 3 rings (SSSR count). The van der Waals surface area contributed by atoms with Crippen molar-refractivity contribution in [2.45, 2.75) is 31.3 Å². The standard InChI is InChI=1S/C17H16ClFO/c18-15-8-5-11(9-16(15)19)10-17(20)14-4-2-1-3-13(14)12-6-7-12/h1-5,8-9,12,17,20H,6-7,10H2. The number of aliphatic hydroxyl groups is 1. The molecule has 2 aromatic rings. The average molecular weight is 291 g/mol. The lowest BCUT2D eigenvalue weighted by molar-refractivity contribution is 0.177. The minimum absolute atomic E-state index is 0.113. The summed E-state index contributed by atoms with van der Waals surface area (Å²) >= 11 is 5.67. The highest BCUT2D eigenvalue weighted by Crippen LogP contribution is 2.43. The van der Waals surface area contributed by atoms with E-state index in [4.69, 9.17) is 11.6 Å². The molecule has 0 heterocycles. The maximum Gasteiger partial charge on any atom is 0.142 e. The Bertz CT molecular complexity index is 622. The third-order valence-electron chi connectivity index (χ3n) is 3.79. The van der Waals surface area contributed by atoms with Crippen LogP contribution in [0.15, 0.2) is 42.5 Å². The van der Waals surface area contributed by atoms with E-state index in [0.717, 1.165) is 11.1 Å². The van der Waals surface area contributed by atoms with E-state index in [1.807, 2.05) is 18.2 Å². The zero-order valence-corrected chi connectivity index (χ0v) is 11.8. The van der Waals surface area contributed by atoms with Gasteiger partial charge in [0.05, 0.1) is 11.1 Å². The van der Waals surface area contributed by atoms with E-state index in [-0.39, 0.29) is 5.02 Å². The number of benzene rings is 2. The van der Waals surface area contributed by atoms with Gasteiger partial charge in [-0.3, -0.25) is 0 Å². The van der Waals surface area contributed by atoms with Gasteiger partial charge in [0.1, 0.15) is 5.82 Å². The van der Waals surface area contributed by atoms with Crippen LogP contribution in [0.25, 0.3) is 0 Å². The van der Waals surface area contributed by atoms with Crippen molar-refractivity contribution >= 4 is 11.6 Å². The summed E-state index contributed by atoms with van der Waals surface area (Å²) in [5, 5.41) is 10.5. The van der Waals surface area contributed by atoms with Crippen LogP contribution in [-0.4, -0.2) is 5.11 Å². The molecule has 1 unspecified atom stereocenters. The molecule has 1 fully saturated rings. The minimum Gasteiger partial charge on any atom is -0.388 e. The molecule has 0 radical (unpaired) electrons. The highest BCUT2D eigenvalue weighted by atomic mass is 35.5. The quantitative estimate of drug-likeness (QED) is 0.870. The van der Waals surface area contributed by atoms with Gasteiger partial charge in [0.25, 0.3) is 0 Å². The monoisotopic (exact) mass is 290 g/mol. The van der Waals surface area contributed by atoms with Gasteiger partial charge >= 0.3 is 0 Å². The Labute approximate surface area is 123 Å². The Hall–Kier alpha value is -1.38. The van der Waals surface area contributed by atoms with Crippen molar-refractivity contribution in [3.8, 4) is 0 Å². The summed E-state index contributed by atoms with van der Waals surface area (Å²) in [6.07, 6.45) is 2.18. The first-order valence-corrected chi connectivity index (χ1v) is 7.24. The summed E-state index contributed by atoms with van der Waals surface area (Å²) in [4.78, 5) is 0. The second-order valence-corrected chi connectivity index (χ2v) is 5.78. The second kappa shape index (κ2) is 5.55. The van der Waals surface area contributed by atoms with Crippen LogP contribution in [0.1, 0.15) is 41.6 Å². The number of hydrogen-bond donors (Lipinski definition) is 1. The lowest BCUT2D eigenvalue weighted by Gasteiger charge is -2.15. The third kappa shape index (κ3) is 2.87. The van der Waals surface area contributed by atoms with Gasteiger partial charge in [-0.25, -0.2) is 4.39 Å². The predicted octanol–water partition coefficient (Wildman–Crippen LogP) is 4.63. The number of halogens is 2. The summed E-state index contributed by atoms with van der Waals surface area (Å²) in [6, 6.07) is 12.7. The summed E-state index contributed by atoms with van der Waals surface area (Å²) < 4.78 is 13.4. The largest absolute Gasteiger partial charge is 0.388 e. The molecular formula is C17H16ClFO. The van der Waals surface area contributed by atoms with Crippen molar-refractivity contribution < 1.29 is 9.50 Å². The number of rotatable bonds is 4. The Kier molecular flexibility index (Phi) is 3.77. The van der Waals surface area contributed by atoms with Crippen molar-refractivity contribution in [3.05, 3.63) is 70.0 Å². The number of aliphatic hydroxyl groups excluding tert-OH is 1. The van der Waals surface area contributed by atoms with Crippen LogP contribution >= 0.6 is 11.6 Å². The molecule has 1 nitrogen and oxygen atoms in total. The van der Waals surface area contributed by atoms with Gasteiger partial charge in [0.2, 0.25) is 0 Å². The van der Waals surface area contributed by atoms with E-state index in [2.05, 4.69) is 6.07 Å². The minimum atomic E-state index is -0.604. The van der Waals surface area contributed by atoms with Crippen molar-refractivity contribution in [2.75, 3.05) is 0 Å². The lowest BCUT2D eigenvalue weighted by Crippen LogP contribution is -2.05. The topological polar surface area (TPSA) is 20.2 Å². The summed E-state index contributed by atoms with van der Waals surface area (Å²) in [7, 11) is 0. The highest BCUT2D eigenvalue weighted by molar-refractivity contribution is 6.30. The van der Waals surface area contributed by atoms with E-state index < -0.39 is 11.9 Å². The van der Waals surface area contributed by atoms with Crippen LogP contribution in [0.4, 0.5) is 4.39 Å². The van der Waals surface area contributed by atoms with E-state index >= 15 is 0 Å². The highest BCUT2D eigenvalue weighted by Gasteiger charge is 2.27. The molecule has 0 bridgehead atoms. The maximum absolute atomic E-state index is 13.4. The zero-order chi connectivity index (χ0) is 14.1.